The van der Waals surface area contributed by atoms with Crippen molar-refractivity contribution in [2.24, 2.45) is 7.05 Å². The molecule has 2 rings (SSSR count). The van der Waals surface area contributed by atoms with Crippen LogP contribution in [0.5, 0.6) is 0 Å². The molecular formula is C19H30N5O3S+. The smallest absolute Gasteiger partial charge is 0.417 e. The first-order valence-corrected chi connectivity index (χ1v) is 10.2. The van der Waals surface area contributed by atoms with Gasteiger partial charge >= 0.3 is 6.09 Å². The van der Waals surface area contributed by atoms with Gasteiger partial charge in [0.25, 0.3) is 5.91 Å². The van der Waals surface area contributed by atoms with Gasteiger partial charge in [-0.3, -0.25) is 9.48 Å². The second kappa shape index (κ2) is 9.29. The van der Waals surface area contributed by atoms with Crippen molar-refractivity contribution in [3.63, 3.8) is 0 Å². The van der Waals surface area contributed by atoms with Crippen LogP contribution in [0, 0.1) is 13.8 Å². The highest BCUT2D eigenvalue weighted by Crippen LogP contribution is 2.18. The summed E-state index contributed by atoms with van der Waals surface area (Å²) in [5, 5.41) is 9.42. The molecule has 2 amide bonds. The lowest BCUT2D eigenvalue weighted by molar-refractivity contribution is -0.670. The molecule has 0 aromatic carbocycles. The molecule has 0 aliphatic carbocycles. The number of nitrogens with zero attached hydrogens (tertiary/aromatic N) is 4. The Hall–Kier alpha value is -2.26. The zero-order valence-corrected chi connectivity index (χ0v) is 18.3. The molecule has 0 bridgehead atoms. The van der Waals surface area contributed by atoms with Crippen molar-refractivity contribution < 1.29 is 19.6 Å². The van der Waals surface area contributed by atoms with Gasteiger partial charge < -0.3 is 10.1 Å². The summed E-state index contributed by atoms with van der Waals surface area (Å²) < 4.78 is 7.12. The number of carbonyl (C=O) groups is 2. The molecular weight excluding hydrogens is 378 g/mol. The average molecular weight is 409 g/mol. The fourth-order valence-corrected chi connectivity index (χ4v) is 3.40. The minimum Gasteiger partial charge on any atom is -0.443 e. The fourth-order valence-electron chi connectivity index (χ4n) is 2.78. The number of carbonyl (C=O) groups excluding carboxylic acids is 2. The van der Waals surface area contributed by atoms with E-state index in [9.17, 15) is 9.59 Å². The van der Waals surface area contributed by atoms with Crippen LogP contribution in [-0.2, 0) is 18.3 Å². The Labute approximate surface area is 169 Å². The van der Waals surface area contributed by atoms with Crippen molar-refractivity contribution in [2.45, 2.75) is 53.2 Å². The van der Waals surface area contributed by atoms with Crippen LogP contribution in [0.4, 0.5) is 4.79 Å². The molecule has 2 N–H and O–H groups in total. The van der Waals surface area contributed by atoms with Crippen LogP contribution in [0.25, 0.3) is 0 Å². The minimum atomic E-state index is -0.675. The third-order valence-corrected chi connectivity index (χ3v) is 4.98. The van der Waals surface area contributed by atoms with E-state index in [0.29, 0.717) is 17.7 Å². The molecule has 28 heavy (non-hydrogen) atoms. The first-order valence-electron chi connectivity index (χ1n) is 9.35. The van der Waals surface area contributed by atoms with Gasteiger partial charge in [-0.05, 0) is 34.6 Å². The quantitative estimate of drug-likeness (QED) is 0.708. The van der Waals surface area contributed by atoms with Gasteiger partial charge in [0.05, 0.1) is 17.8 Å². The van der Waals surface area contributed by atoms with Crippen LogP contribution in [-0.4, -0.2) is 50.4 Å². The Morgan fingerprint density at radius 3 is 2.57 bits per heavy atom. The molecule has 2 heterocycles. The maximum absolute atomic E-state index is 13.1. The lowest BCUT2D eigenvalue weighted by Crippen LogP contribution is -2.82. The van der Waals surface area contributed by atoms with Gasteiger partial charge in [-0.2, -0.15) is 5.10 Å². The molecule has 0 saturated carbocycles. The lowest BCUT2D eigenvalue weighted by Gasteiger charge is -2.26. The SMILES string of the molecule is Cc1nn(C)c(C)c1C(=O)N(CCC[NH2+]Cc1nccs1)C(=O)OC(C)(C)C. The van der Waals surface area contributed by atoms with Gasteiger partial charge in [0.15, 0.2) is 0 Å². The summed E-state index contributed by atoms with van der Waals surface area (Å²) >= 11 is 1.62. The fraction of sp³-hybridized carbons (Fsp3) is 0.579. The van der Waals surface area contributed by atoms with E-state index in [1.165, 1.54) is 4.90 Å². The number of ether oxygens (including phenoxy) is 1. The van der Waals surface area contributed by atoms with E-state index >= 15 is 0 Å². The zero-order valence-electron chi connectivity index (χ0n) is 17.5. The Kier molecular flexibility index (Phi) is 7.31. The van der Waals surface area contributed by atoms with Crippen LogP contribution in [0.1, 0.15) is 53.9 Å². The summed E-state index contributed by atoms with van der Waals surface area (Å²) in [6.45, 7) is 10.8. The Morgan fingerprint density at radius 2 is 2.04 bits per heavy atom. The largest absolute Gasteiger partial charge is 0.443 e. The number of hydrogen-bond acceptors (Lipinski definition) is 6. The second-order valence-corrected chi connectivity index (χ2v) is 8.65. The Balaban J connectivity index is 2.05. The maximum Gasteiger partial charge on any atom is 0.417 e. The molecule has 0 unspecified atom stereocenters. The van der Waals surface area contributed by atoms with E-state index in [0.717, 1.165) is 23.8 Å². The van der Waals surface area contributed by atoms with E-state index < -0.39 is 11.7 Å². The summed E-state index contributed by atoms with van der Waals surface area (Å²) in [6, 6.07) is 0. The van der Waals surface area contributed by atoms with Crippen molar-refractivity contribution in [2.75, 3.05) is 13.1 Å². The molecule has 0 spiro atoms. The molecule has 0 aliphatic heterocycles. The normalized spacial score (nSPS) is 11.5. The van der Waals surface area contributed by atoms with Crippen LogP contribution < -0.4 is 5.32 Å². The number of rotatable bonds is 7. The molecule has 2 aromatic rings. The number of thiazole rings is 1. The molecule has 0 fully saturated rings. The molecule has 0 aliphatic rings. The monoisotopic (exact) mass is 408 g/mol. The summed E-state index contributed by atoms with van der Waals surface area (Å²) in [6.07, 6.45) is 1.82. The van der Waals surface area contributed by atoms with Crippen molar-refractivity contribution in [3.8, 4) is 0 Å². The molecule has 9 heteroatoms. The van der Waals surface area contributed by atoms with Crippen molar-refractivity contribution >= 4 is 23.3 Å². The van der Waals surface area contributed by atoms with E-state index in [1.807, 2.05) is 12.3 Å². The van der Waals surface area contributed by atoms with Crippen molar-refractivity contribution in [1.29, 1.82) is 0 Å². The molecule has 0 saturated heterocycles. The van der Waals surface area contributed by atoms with E-state index in [1.54, 1.807) is 57.0 Å². The van der Waals surface area contributed by atoms with Crippen LogP contribution in [0.3, 0.4) is 0 Å². The van der Waals surface area contributed by atoms with Crippen LogP contribution in [0.2, 0.25) is 0 Å². The third-order valence-electron chi connectivity index (χ3n) is 4.17. The molecule has 0 atom stereocenters. The summed E-state index contributed by atoms with van der Waals surface area (Å²) in [4.78, 5) is 31.3. The number of hydrogen-bond donors (Lipinski definition) is 1. The van der Waals surface area contributed by atoms with Gasteiger partial charge in [0.1, 0.15) is 17.2 Å². The predicted octanol–water partition coefficient (Wildman–Crippen LogP) is 2.02. The van der Waals surface area contributed by atoms with E-state index in [-0.39, 0.29) is 12.5 Å². The Morgan fingerprint density at radius 1 is 1.32 bits per heavy atom. The predicted molar refractivity (Wildman–Crippen MR) is 107 cm³/mol. The van der Waals surface area contributed by atoms with Crippen molar-refractivity contribution in [3.05, 3.63) is 33.5 Å². The van der Waals surface area contributed by atoms with Gasteiger partial charge in [-0.15, -0.1) is 11.3 Å². The van der Waals surface area contributed by atoms with Crippen molar-refractivity contribution in [1.82, 2.24) is 19.7 Å². The van der Waals surface area contributed by atoms with Gasteiger partial charge in [0, 0.05) is 37.3 Å². The highest BCUT2D eigenvalue weighted by atomic mass is 32.1. The number of aromatic nitrogens is 3. The Bertz CT molecular complexity index is 808. The summed E-state index contributed by atoms with van der Waals surface area (Å²) in [5.41, 5.74) is 1.12. The standard InChI is InChI=1S/C19H29N5O3S/c1-13-16(14(2)23(6)22-13)17(25)24(18(26)27-19(3,4)5)10-7-8-20-12-15-21-9-11-28-15/h9,11,20H,7-8,10,12H2,1-6H3/p+1. The number of quaternary nitrogens is 1. The average Bonchev–Trinajstić information content (AvgIpc) is 3.17. The number of aryl methyl sites for hydroxylation is 2. The van der Waals surface area contributed by atoms with Crippen LogP contribution >= 0.6 is 11.3 Å². The van der Waals surface area contributed by atoms with Gasteiger partial charge in [-0.25, -0.2) is 14.7 Å². The van der Waals surface area contributed by atoms with Gasteiger partial charge in [-0.1, -0.05) is 0 Å². The van der Waals surface area contributed by atoms with Gasteiger partial charge in [0.2, 0.25) is 0 Å². The summed E-state index contributed by atoms with van der Waals surface area (Å²) in [5.74, 6) is -0.364. The maximum atomic E-state index is 13.1. The minimum absolute atomic E-state index is 0.288. The highest BCUT2D eigenvalue weighted by Gasteiger charge is 2.31. The first kappa shape index (κ1) is 22.0. The first-order chi connectivity index (χ1) is 13.1. The number of amides is 2. The molecule has 0 radical (unpaired) electrons. The van der Waals surface area contributed by atoms with Crippen LogP contribution in [0.15, 0.2) is 11.6 Å². The van der Waals surface area contributed by atoms with E-state index in [4.69, 9.17) is 4.74 Å². The second-order valence-electron chi connectivity index (χ2n) is 7.67. The molecule has 8 nitrogen and oxygen atoms in total. The lowest BCUT2D eigenvalue weighted by atomic mass is 10.1. The number of nitrogens with two attached hydrogens (primary N) is 1. The van der Waals surface area contributed by atoms with E-state index in [2.05, 4.69) is 15.4 Å². The molecule has 2 aromatic heterocycles. The third kappa shape index (κ3) is 5.87. The highest BCUT2D eigenvalue weighted by molar-refractivity contribution is 7.09. The zero-order chi connectivity index (χ0) is 20.9. The number of imide groups is 1. The topological polar surface area (TPSA) is 93.9 Å². The molecule has 154 valence electrons. The summed E-state index contributed by atoms with van der Waals surface area (Å²) in [7, 11) is 1.78.